The number of benzene rings is 1. The van der Waals surface area contributed by atoms with Gasteiger partial charge in [-0.3, -0.25) is 0 Å². The van der Waals surface area contributed by atoms with E-state index in [-0.39, 0.29) is 11.8 Å². The molecule has 2 rings (SSSR count). The monoisotopic (exact) mass is 292 g/mol. The van der Waals surface area contributed by atoms with Gasteiger partial charge in [0.25, 0.3) is 0 Å². The molecule has 0 atom stereocenters. The summed E-state index contributed by atoms with van der Waals surface area (Å²) in [5.41, 5.74) is 1.02. The molecule has 0 N–H and O–H groups in total. The maximum Gasteiger partial charge on any atom is 0.218 e. The quantitative estimate of drug-likeness (QED) is 0.857. The van der Waals surface area contributed by atoms with Gasteiger partial charge in [-0.2, -0.15) is 5.26 Å². The van der Waals surface area contributed by atoms with Gasteiger partial charge in [-0.25, -0.2) is 12.7 Å². The maximum absolute atomic E-state index is 12.5. The molecule has 5 heteroatoms. The fourth-order valence-electron chi connectivity index (χ4n) is 2.73. The molecule has 1 aromatic rings. The highest BCUT2D eigenvalue weighted by Gasteiger charge is 2.28. The largest absolute Gasteiger partial charge is 0.218 e. The van der Waals surface area contributed by atoms with Crippen LogP contribution in [0.4, 0.5) is 0 Å². The third-order valence-electron chi connectivity index (χ3n) is 4.00. The molecule has 1 aliphatic carbocycles. The van der Waals surface area contributed by atoms with E-state index in [1.165, 1.54) is 10.7 Å². The van der Waals surface area contributed by atoms with Crippen molar-refractivity contribution in [3.8, 4) is 6.07 Å². The average Bonchev–Trinajstić information content (AvgIpc) is 2.47. The van der Waals surface area contributed by atoms with Gasteiger partial charge in [0.05, 0.1) is 17.4 Å². The van der Waals surface area contributed by atoms with E-state index in [1.54, 1.807) is 31.3 Å². The van der Waals surface area contributed by atoms with Crippen molar-refractivity contribution in [2.75, 3.05) is 7.05 Å². The summed E-state index contributed by atoms with van der Waals surface area (Å²) in [6.07, 6.45) is 5.27. The number of hydrogen-bond acceptors (Lipinski definition) is 3. The van der Waals surface area contributed by atoms with Gasteiger partial charge < -0.3 is 0 Å². The fraction of sp³-hybridized carbons (Fsp3) is 0.533. The Morgan fingerprint density at radius 3 is 2.55 bits per heavy atom. The van der Waals surface area contributed by atoms with Gasteiger partial charge in [0, 0.05) is 13.1 Å². The number of nitriles is 1. The van der Waals surface area contributed by atoms with Crippen LogP contribution >= 0.6 is 0 Å². The molecule has 1 aliphatic rings. The van der Waals surface area contributed by atoms with Gasteiger partial charge in [0.2, 0.25) is 10.0 Å². The lowest BCUT2D eigenvalue weighted by Crippen LogP contribution is -2.39. The van der Waals surface area contributed by atoms with E-state index in [4.69, 9.17) is 5.26 Å². The molecule has 0 unspecified atom stereocenters. The molecule has 0 saturated heterocycles. The molecule has 0 heterocycles. The highest BCUT2D eigenvalue weighted by molar-refractivity contribution is 7.88. The molecular formula is C15H20N2O2S. The summed E-state index contributed by atoms with van der Waals surface area (Å²) in [7, 11) is -1.70. The summed E-state index contributed by atoms with van der Waals surface area (Å²) in [6.45, 7) is 0. The Hall–Kier alpha value is -1.38. The van der Waals surface area contributed by atoms with E-state index in [1.807, 2.05) is 0 Å². The van der Waals surface area contributed by atoms with E-state index in [2.05, 4.69) is 6.07 Å². The SMILES string of the molecule is CN(C1CCCCC1)S(=O)(=O)Cc1ccccc1C#N. The van der Waals surface area contributed by atoms with Crippen LogP contribution in [0.5, 0.6) is 0 Å². The summed E-state index contributed by atoms with van der Waals surface area (Å²) in [4.78, 5) is 0. The minimum Gasteiger partial charge on any atom is -0.212 e. The second-order valence-corrected chi connectivity index (χ2v) is 7.36. The Morgan fingerprint density at radius 1 is 1.25 bits per heavy atom. The Bertz CT molecular complexity index is 599. The second kappa shape index (κ2) is 6.38. The van der Waals surface area contributed by atoms with Crippen LogP contribution in [-0.2, 0) is 15.8 Å². The normalized spacial score (nSPS) is 17.1. The van der Waals surface area contributed by atoms with E-state index < -0.39 is 10.0 Å². The van der Waals surface area contributed by atoms with Crippen molar-refractivity contribution in [1.82, 2.24) is 4.31 Å². The van der Waals surface area contributed by atoms with Gasteiger partial charge >= 0.3 is 0 Å². The lowest BCUT2D eigenvalue weighted by molar-refractivity contribution is 0.285. The van der Waals surface area contributed by atoms with Crippen molar-refractivity contribution in [2.45, 2.75) is 43.9 Å². The first-order chi connectivity index (χ1) is 9.54. The van der Waals surface area contributed by atoms with Gasteiger partial charge in [0.15, 0.2) is 0 Å². The molecule has 108 valence electrons. The Balaban J connectivity index is 2.16. The third-order valence-corrected chi connectivity index (χ3v) is 5.85. The number of nitrogens with zero attached hydrogens (tertiary/aromatic N) is 2. The lowest BCUT2D eigenvalue weighted by atomic mass is 9.96. The molecule has 0 spiro atoms. The Morgan fingerprint density at radius 2 is 1.90 bits per heavy atom. The predicted octanol–water partition coefficient (Wildman–Crippen LogP) is 2.65. The fourth-order valence-corrected chi connectivity index (χ4v) is 4.24. The summed E-state index contributed by atoms with van der Waals surface area (Å²) < 4.78 is 26.5. The van der Waals surface area contributed by atoms with E-state index in [0.717, 1.165) is 25.7 Å². The Labute approximate surface area is 121 Å². The van der Waals surface area contributed by atoms with Gasteiger partial charge in [-0.05, 0) is 24.5 Å². The van der Waals surface area contributed by atoms with E-state index in [0.29, 0.717) is 11.1 Å². The van der Waals surface area contributed by atoms with Crippen molar-refractivity contribution < 1.29 is 8.42 Å². The zero-order valence-electron chi connectivity index (χ0n) is 11.7. The summed E-state index contributed by atoms with van der Waals surface area (Å²) in [5.74, 6) is -0.0935. The molecule has 0 aliphatic heterocycles. The van der Waals surface area contributed by atoms with Crippen LogP contribution in [0, 0.1) is 11.3 Å². The van der Waals surface area contributed by atoms with Gasteiger partial charge in [0.1, 0.15) is 0 Å². The highest BCUT2D eigenvalue weighted by Crippen LogP contribution is 2.25. The summed E-state index contributed by atoms with van der Waals surface area (Å²) in [5, 5.41) is 9.04. The zero-order chi connectivity index (χ0) is 14.6. The first-order valence-electron chi connectivity index (χ1n) is 6.98. The van der Waals surface area contributed by atoms with Crippen LogP contribution in [0.3, 0.4) is 0 Å². The zero-order valence-corrected chi connectivity index (χ0v) is 12.6. The maximum atomic E-state index is 12.5. The predicted molar refractivity (Wildman–Crippen MR) is 78.4 cm³/mol. The van der Waals surface area contributed by atoms with Crippen LogP contribution in [0.2, 0.25) is 0 Å². The molecule has 1 fully saturated rings. The van der Waals surface area contributed by atoms with Crippen molar-refractivity contribution in [3.63, 3.8) is 0 Å². The molecular weight excluding hydrogens is 272 g/mol. The van der Waals surface area contributed by atoms with Crippen LogP contribution in [0.1, 0.15) is 43.2 Å². The molecule has 0 radical (unpaired) electrons. The van der Waals surface area contributed by atoms with Crippen LogP contribution < -0.4 is 0 Å². The second-order valence-electron chi connectivity index (χ2n) is 5.33. The van der Waals surface area contributed by atoms with Crippen LogP contribution in [0.25, 0.3) is 0 Å². The van der Waals surface area contributed by atoms with Crippen LogP contribution in [0.15, 0.2) is 24.3 Å². The molecule has 4 nitrogen and oxygen atoms in total. The molecule has 1 aromatic carbocycles. The molecule has 20 heavy (non-hydrogen) atoms. The van der Waals surface area contributed by atoms with Crippen molar-refractivity contribution in [2.24, 2.45) is 0 Å². The topological polar surface area (TPSA) is 61.2 Å². The van der Waals surface area contributed by atoms with E-state index in [9.17, 15) is 8.42 Å². The van der Waals surface area contributed by atoms with Crippen molar-refractivity contribution in [3.05, 3.63) is 35.4 Å². The smallest absolute Gasteiger partial charge is 0.212 e. The first kappa shape index (κ1) is 15.0. The number of rotatable bonds is 4. The molecule has 0 bridgehead atoms. The Kier molecular flexibility index (Phi) is 4.79. The minimum atomic E-state index is -3.36. The average molecular weight is 292 g/mol. The number of sulfonamides is 1. The summed E-state index contributed by atoms with van der Waals surface area (Å²) in [6, 6.07) is 9.06. The van der Waals surface area contributed by atoms with Crippen LogP contribution in [-0.4, -0.2) is 25.8 Å². The first-order valence-corrected chi connectivity index (χ1v) is 8.59. The lowest BCUT2D eigenvalue weighted by Gasteiger charge is -2.30. The van der Waals surface area contributed by atoms with Gasteiger partial charge in [-0.1, -0.05) is 37.5 Å². The van der Waals surface area contributed by atoms with Crippen molar-refractivity contribution in [1.29, 1.82) is 5.26 Å². The van der Waals surface area contributed by atoms with Crippen molar-refractivity contribution >= 4 is 10.0 Å². The van der Waals surface area contributed by atoms with E-state index >= 15 is 0 Å². The third kappa shape index (κ3) is 3.38. The van der Waals surface area contributed by atoms with Gasteiger partial charge in [-0.15, -0.1) is 0 Å². The molecule has 0 aromatic heterocycles. The molecule has 0 amide bonds. The number of hydrogen-bond donors (Lipinski definition) is 0. The minimum absolute atomic E-state index is 0.0935. The standard InChI is InChI=1S/C15H20N2O2S/c1-17(15-9-3-2-4-10-15)20(18,19)12-14-8-6-5-7-13(14)11-16/h5-8,15H,2-4,9-10,12H2,1H3. The highest BCUT2D eigenvalue weighted by atomic mass is 32.2. The summed E-state index contributed by atoms with van der Waals surface area (Å²) >= 11 is 0. The molecule has 1 saturated carbocycles.